The van der Waals surface area contributed by atoms with Gasteiger partial charge in [0.05, 0.1) is 18.0 Å². The molecule has 0 atom stereocenters. The normalized spacial score (nSPS) is 12.5. The molecule has 26 heavy (non-hydrogen) atoms. The summed E-state index contributed by atoms with van der Waals surface area (Å²) in [5.41, 5.74) is 2.51. The smallest absolute Gasteiger partial charge is 0.257 e. The highest BCUT2D eigenvalue weighted by Gasteiger charge is 2.30. The third kappa shape index (κ3) is 3.46. The Morgan fingerprint density at radius 3 is 2.62 bits per heavy atom. The number of hydrogen-bond donors (Lipinski definition) is 0. The number of nitrogens with zero attached hydrogens (tertiary/aromatic N) is 2. The molecule has 4 rings (SSSR count). The number of hydrogen-bond acceptors (Lipinski definition) is 1. The van der Waals surface area contributed by atoms with Gasteiger partial charge in [-0.3, -0.25) is 4.79 Å². The van der Waals surface area contributed by atoms with Crippen LogP contribution >= 0.6 is 11.6 Å². The Kier molecular flexibility index (Phi) is 5.58. The van der Waals surface area contributed by atoms with Crippen LogP contribution in [0.4, 0.5) is 4.39 Å². The second-order valence-electron chi connectivity index (χ2n) is 6.22. The topological polar surface area (TPSA) is 25.9 Å². The number of halogens is 3. The molecule has 2 aromatic carbocycles. The number of fused-ring (bicyclic) bond motifs is 1. The minimum Gasteiger partial charge on any atom is -1.00 e. The van der Waals surface area contributed by atoms with Crippen LogP contribution in [0.15, 0.2) is 54.7 Å². The quantitative estimate of drug-likeness (QED) is 0.445. The summed E-state index contributed by atoms with van der Waals surface area (Å²) in [4.78, 5) is 12.7. The Hall–Kier alpha value is -1.98. The van der Waals surface area contributed by atoms with E-state index in [-0.39, 0.29) is 35.1 Å². The van der Waals surface area contributed by atoms with Gasteiger partial charge in [-0.1, -0.05) is 23.7 Å². The highest BCUT2D eigenvalue weighted by atomic mass is 79.9. The third-order valence-corrected chi connectivity index (χ3v) is 4.95. The van der Waals surface area contributed by atoms with E-state index in [9.17, 15) is 9.18 Å². The first-order valence-corrected chi connectivity index (χ1v) is 8.67. The van der Waals surface area contributed by atoms with Crippen LogP contribution in [0.1, 0.15) is 22.6 Å². The number of aromatic nitrogens is 2. The maximum atomic E-state index is 13.2. The van der Waals surface area contributed by atoms with Crippen molar-refractivity contribution in [1.29, 1.82) is 0 Å². The zero-order chi connectivity index (χ0) is 17.4. The van der Waals surface area contributed by atoms with Gasteiger partial charge in [-0.2, -0.15) is 0 Å². The summed E-state index contributed by atoms with van der Waals surface area (Å²) in [7, 11) is 0. The van der Waals surface area contributed by atoms with Gasteiger partial charge in [0, 0.05) is 11.1 Å². The molecule has 1 aliphatic heterocycles. The molecule has 0 bridgehead atoms. The third-order valence-electron chi connectivity index (χ3n) is 4.62. The van der Waals surface area contributed by atoms with Crippen LogP contribution in [-0.4, -0.2) is 10.4 Å². The number of ketones is 1. The van der Waals surface area contributed by atoms with Gasteiger partial charge in [-0.05, 0) is 42.8 Å². The van der Waals surface area contributed by atoms with Crippen molar-refractivity contribution in [3.8, 4) is 11.3 Å². The Balaban J connectivity index is 0.00000196. The summed E-state index contributed by atoms with van der Waals surface area (Å²) in [6.45, 7) is 1.16. The van der Waals surface area contributed by atoms with E-state index in [0.29, 0.717) is 10.6 Å². The minimum atomic E-state index is -0.251. The summed E-state index contributed by atoms with van der Waals surface area (Å²) >= 11 is 6.15. The maximum Gasteiger partial charge on any atom is 0.257 e. The fraction of sp³-hybridized carbons (Fsp3) is 0.200. The molecule has 0 aliphatic carbocycles. The highest BCUT2D eigenvalue weighted by molar-refractivity contribution is 6.33. The van der Waals surface area contributed by atoms with Crippen LogP contribution in [0.3, 0.4) is 0 Å². The summed E-state index contributed by atoms with van der Waals surface area (Å²) < 4.78 is 17.4. The van der Waals surface area contributed by atoms with E-state index < -0.39 is 0 Å². The van der Waals surface area contributed by atoms with Crippen LogP contribution < -0.4 is 21.5 Å². The summed E-state index contributed by atoms with van der Waals surface area (Å²) in [6.07, 6.45) is 3.96. The largest absolute Gasteiger partial charge is 1.00 e. The average Bonchev–Trinajstić information content (AvgIpc) is 3.20. The highest BCUT2D eigenvalue weighted by Crippen LogP contribution is 2.25. The zero-order valence-corrected chi connectivity index (χ0v) is 16.3. The molecule has 3 nitrogen and oxygen atoms in total. The monoisotopic (exact) mass is 434 g/mol. The molecule has 0 radical (unpaired) electrons. The molecule has 134 valence electrons. The van der Waals surface area contributed by atoms with Crippen LogP contribution in [-0.2, 0) is 19.5 Å². The molecule has 0 fully saturated rings. The van der Waals surface area contributed by atoms with E-state index in [1.165, 1.54) is 12.1 Å². The van der Waals surface area contributed by atoms with Gasteiger partial charge in [0.1, 0.15) is 12.0 Å². The second-order valence-corrected chi connectivity index (χ2v) is 6.63. The number of rotatable bonds is 4. The van der Waals surface area contributed by atoms with Crippen molar-refractivity contribution in [3.05, 3.63) is 77.0 Å². The van der Waals surface area contributed by atoms with Crippen molar-refractivity contribution in [2.24, 2.45) is 0 Å². The predicted octanol–water partition coefficient (Wildman–Crippen LogP) is 1.07. The molecular formula is C20H17BrClFN2O. The number of Topliss-reactive ketones (excluding diaryl/α,β-unsaturated/α-hetero) is 1. The van der Waals surface area contributed by atoms with Crippen molar-refractivity contribution in [3.63, 3.8) is 0 Å². The SMILES string of the molecule is O=C(C[n+]1cc(-c2ccc(F)cc2)n2c1CCC2)c1ccccc1Cl.[Br-]. The van der Waals surface area contributed by atoms with Crippen molar-refractivity contribution >= 4 is 17.4 Å². The summed E-state index contributed by atoms with van der Waals surface area (Å²) in [5.74, 6) is 0.861. The minimum absolute atomic E-state index is 0. The van der Waals surface area contributed by atoms with E-state index in [2.05, 4.69) is 4.57 Å². The van der Waals surface area contributed by atoms with E-state index >= 15 is 0 Å². The van der Waals surface area contributed by atoms with Gasteiger partial charge in [0.25, 0.3) is 5.82 Å². The van der Waals surface area contributed by atoms with Crippen molar-refractivity contribution in [2.45, 2.75) is 25.9 Å². The Morgan fingerprint density at radius 1 is 1.15 bits per heavy atom. The molecule has 1 aliphatic rings. The first kappa shape index (κ1) is 18.8. The lowest BCUT2D eigenvalue weighted by molar-refractivity contribution is -0.689. The van der Waals surface area contributed by atoms with E-state index in [0.717, 1.165) is 36.5 Å². The summed E-state index contributed by atoms with van der Waals surface area (Å²) in [6, 6.07) is 13.6. The lowest BCUT2D eigenvalue weighted by Crippen LogP contribution is -3.00. The Bertz CT molecular complexity index is 953. The molecule has 2 heterocycles. The molecule has 0 N–H and O–H groups in total. The number of carbonyl (C=O) groups is 1. The van der Waals surface area contributed by atoms with Crippen LogP contribution in [0.2, 0.25) is 5.02 Å². The predicted molar refractivity (Wildman–Crippen MR) is 94.1 cm³/mol. The standard InChI is InChI=1S/C20H17ClFN2O.BrH/c21-17-5-2-1-4-16(17)19(25)13-23-12-18(24-11-3-6-20(23)24)14-7-9-15(22)10-8-14;/h1-2,4-5,7-10,12H,3,6,11,13H2;1H/q+1;/p-1. The molecular weight excluding hydrogens is 419 g/mol. The average molecular weight is 436 g/mol. The molecule has 0 amide bonds. The summed E-state index contributed by atoms with van der Waals surface area (Å²) in [5, 5.41) is 0.475. The van der Waals surface area contributed by atoms with Crippen molar-refractivity contribution < 1.29 is 30.7 Å². The lowest BCUT2D eigenvalue weighted by atomic mass is 10.1. The molecule has 0 spiro atoms. The van der Waals surface area contributed by atoms with Gasteiger partial charge < -0.3 is 17.0 Å². The Morgan fingerprint density at radius 2 is 1.88 bits per heavy atom. The number of carbonyl (C=O) groups excluding carboxylic acids is 1. The number of benzene rings is 2. The van der Waals surface area contributed by atoms with Gasteiger partial charge in [0.2, 0.25) is 5.78 Å². The maximum absolute atomic E-state index is 13.2. The first-order chi connectivity index (χ1) is 12.1. The molecule has 6 heteroatoms. The second kappa shape index (κ2) is 7.72. The van der Waals surface area contributed by atoms with Gasteiger partial charge in [-0.15, -0.1) is 0 Å². The van der Waals surface area contributed by atoms with Crippen LogP contribution in [0.5, 0.6) is 0 Å². The fourth-order valence-corrected chi connectivity index (χ4v) is 3.67. The molecule has 0 unspecified atom stereocenters. The van der Waals surface area contributed by atoms with Gasteiger partial charge in [0.15, 0.2) is 12.2 Å². The van der Waals surface area contributed by atoms with Gasteiger partial charge in [-0.25, -0.2) is 13.5 Å². The number of imidazole rings is 1. The Labute approximate surface area is 166 Å². The van der Waals surface area contributed by atoms with Crippen molar-refractivity contribution in [1.82, 2.24) is 4.57 Å². The van der Waals surface area contributed by atoms with Gasteiger partial charge >= 0.3 is 0 Å². The first-order valence-electron chi connectivity index (χ1n) is 8.29. The molecule has 0 saturated heterocycles. The van der Waals surface area contributed by atoms with E-state index in [1.54, 1.807) is 24.3 Å². The van der Waals surface area contributed by atoms with Crippen molar-refractivity contribution in [2.75, 3.05) is 0 Å². The molecule has 1 aromatic heterocycles. The molecule has 0 saturated carbocycles. The lowest BCUT2D eigenvalue weighted by Gasteiger charge is -2.02. The molecule has 3 aromatic rings. The van der Waals surface area contributed by atoms with E-state index in [4.69, 9.17) is 11.6 Å². The van der Waals surface area contributed by atoms with Crippen LogP contribution in [0.25, 0.3) is 11.3 Å². The zero-order valence-electron chi connectivity index (χ0n) is 14.0. The fourth-order valence-electron chi connectivity index (χ4n) is 3.42. The van der Waals surface area contributed by atoms with Crippen LogP contribution in [0, 0.1) is 5.82 Å². The van der Waals surface area contributed by atoms with E-state index in [1.807, 2.05) is 22.9 Å².